The van der Waals surface area contributed by atoms with Gasteiger partial charge in [-0.15, -0.1) is 0 Å². The van der Waals surface area contributed by atoms with Crippen LogP contribution in [0.4, 0.5) is 0 Å². The summed E-state index contributed by atoms with van der Waals surface area (Å²) in [6.45, 7) is 1.45. The molecule has 19 heavy (non-hydrogen) atoms. The minimum Gasteiger partial charge on any atom is -0.393 e. The Labute approximate surface area is 113 Å². The number of aliphatic hydroxyl groups is 1. The Kier molecular flexibility index (Phi) is 3.53. The van der Waals surface area contributed by atoms with Gasteiger partial charge in [-0.2, -0.15) is 0 Å². The molecule has 1 aromatic carbocycles. The van der Waals surface area contributed by atoms with Crippen LogP contribution in [0.25, 0.3) is 0 Å². The smallest absolute Gasteiger partial charge is 0.237 e. The average molecular weight is 260 g/mol. The van der Waals surface area contributed by atoms with Gasteiger partial charge in [0.15, 0.2) is 0 Å². The second-order valence-corrected chi connectivity index (χ2v) is 5.64. The van der Waals surface area contributed by atoms with Crippen molar-refractivity contribution >= 4 is 5.91 Å². The van der Waals surface area contributed by atoms with Gasteiger partial charge in [-0.25, -0.2) is 0 Å². The number of hydrogen-bond donors (Lipinski definition) is 3. The van der Waals surface area contributed by atoms with Gasteiger partial charge in [0, 0.05) is 13.1 Å². The first kappa shape index (κ1) is 12.6. The fraction of sp³-hybridized carbons (Fsp3) is 0.533. The van der Waals surface area contributed by atoms with Gasteiger partial charge in [0.05, 0.1) is 12.1 Å². The normalized spacial score (nSPS) is 29.2. The van der Waals surface area contributed by atoms with Crippen molar-refractivity contribution in [2.24, 2.45) is 5.92 Å². The summed E-state index contributed by atoms with van der Waals surface area (Å²) in [5.74, 6) is 0.533. The molecule has 1 fully saturated rings. The van der Waals surface area contributed by atoms with Crippen LogP contribution in [0.2, 0.25) is 0 Å². The van der Waals surface area contributed by atoms with Crippen LogP contribution in [0.1, 0.15) is 24.0 Å². The second kappa shape index (κ2) is 5.31. The lowest BCUT2D eigenvalue weighted by atomic mass is 9.82. The quantitative estimate of drug-likeness (QED) is 0.745. The van der Waals surface area contributed by atoms with E-state index in [0.717, 1.165) is 25.8 Å². The number of nitrogens with one attached hydrogen (secondary N) is 2. The van der Waals surface area contributed by atoms with E-state index in [4.69, 9.17) is 0 Å². The Hall–Kier alpha value is -1.39. The number of fused-ring (bicyclic) bond motifs is 1. The molecule has 0 aromatic heterocycles. The summed E-state index contributed by atoms with van der Waals surface area (Å²) < 4.78 is 0. The average Bonchev–Trinajstić information content (AvgIpc) is 2.41. The molecule has 1 atom stereocenters. The number of amides is 1. The van der Waals surface area contributed by atoms with Gasteiger partial charge in [0.2, 0.25) is 5.91 Å². The molecule has 102 valence electrons. The zero-order valence-electron chi connectivity index (χ0n) is 10.9. The highest BCUT2D eigenvalue weighted by molar-refractivity contribution is 5.82. The Morgan fingerprint density at radius 1 is 1.32 bits per heavy atom. The number of carbonyl (C=O) groups is 1. The van der Waals surface area contributed by atoms with E-state index >= 15 is 0 Å². The van der Waals surface area contributed by atoms with Crippen molar-refractivity contribution in [3.63, 3.8) is 0 Å². The molecule has 0 radical (unpaired) electrons. The minimum atomic E-state index is -0.151. The number of benzene rings is 1. The molecule has 1 amide bonds. The van der Waals surface area contributed by atoms with Crippen LogP contribution in [-0.4, -0.2) is 29.7 Å². The third-order valence-electron chi connectivity index (χ3n) is 4.17. The number of carbonyl (C=O) groups excluding carboxylic acids is 1. The topological polar surface area (TPSA) is 61.4 Å². The van der Waals surface area contributed by atoms with E-state index in [1.54, 1.807) is 0 Å². The van der Waals surface area contributed by atoms with Crippen molar-refractivity contribution < 1.29 is 9.90 Å². The van der Waals surface area contributed by atoms with Gasteiger partial charge >= 0.3 is 0 Å². The Morgan fingerprint density at radius 3 is 2.79 bits per heavy atom. The van der Waals surface area contributed by atoms with Gasteiger partial charge in [0.25, 0.3) is 0 Å². The predicted molar refractivity (Wildman–Crippen MR) is 72.5 cm³/mol. The zero-order valence-corrected chi connectivity index (χ0v) is 10.9. The summed E-state index contributed by atoms with van der Waals surface area (Å²) in [6, 6.07) is 8.13. The van der Waals surface area contributed by atoms with Crippen molar-refractivity contribution in [2.45, 2.75) is 38.0 Å². The minimum absolute atomic E-state index is 0.0795. The molecule has 1 aromatic rings. The summed E-state index contributed by atoms with van der Waals surface area (Å²) in [5, 5.41) is 15.5. The Balaban J connectivity index is 1.51. The molecular formula is C15H20N2O2. The Morgan fingerprint density at radius 2 is 2.05 bits per heavy atom. The van der Waals surface area contributed by atoms with Crippen LogP contribution in [-0.2, 0) is 17.8 Å². The number of aliphatic hydroxyl groups excluding tert-OH is 1. The van der Waals surface area contributed by atoms with E-state index in [1.807, 2.05) is 12.1 Å². The largest absolute Gasteiger partial charge is 0.393 e. The van der Waals surface area contributed by atoms with E-state index < -0.39 is 0 Å². The SMILES string of the molecule is O=C(NCC1CC(O)C1)[C@@H]1Cc2ccccc2CN1. The monoisotopic (exact) mass is 260 g/mol. The van der Waals surface area contributed by atoms with Crippen LogP contribution < -0.4 is 10.6 Å². The maximum atomic E-state index is 12.1. The van der Waals surface area contributed by atoms with E-state index in [1.165, 1.54) is 11.1 Å². The lowest BCUT2D eigenvalue weighted by molar-refractivity contribution is -0.123. The van der Waals surface area contributed by atoms with Gasteiger partial charge in [-0.3, -0.25) is 4.79 Å². The molecule has 0 unspecified atom stereocenters. The van der Waals surface area contributed by atoms with Crippen LogP contribution in [0.3, 0.4) is 0 Å². The Bertz CT molecular complexity index is 469. The van der Waals surface area contributed by atoms with Crippen LogP contribution in [0.15, 0.2) is 24.3 Å². The summed E-state index contributed by atoms with van der Waals surface area (Å²) in [6.07, 6.45) is 2.25. The number of rotatable bonds is 3. The first-order valence-electron chi connectivity index (χ1n) is 6.98. The summed E-state index contributed by atoms with van der Waals surface area (Å²) >= 11 is 0. The third kappa shape index (κ3) is 2.80. The lowest BCUT2D eigenvalue weighted by Crippen LogP contribution is -2.49. The van der Waals surface area contributed by atoms with Crippen LogP contribution in [0, 0.1) is 5.92 Å². The summed E-state index contributed by atoms with van der Waals surface area (Å²) in [7, 11) is 0. The highest BCUT2D eigenvalue weighted by Crippen LogP contribution is 2.26. The molecule has 2 aliphatic rings. The molecule has 1 saturated carbocycles. The molecule has 1 aliphatic heterocycles. The molecule has 3 rings (SSSR count). The van der Waals surface area contributed by atoms with E-state index in [0.29, 0.717) is 12.5 Å². The highest BCUT2D eigenvalue weighted by Gasteiger charge is 2.29. The third-order valence-corrected chi connectivity index (χ3v) is 4.17. The summed E-state index contributed by atoms with van der Waals surface area (Å²) in [4.78, 5) is 12.1. The molecule has 1 aliphatic carbocycles. The fourth-order valence-corrected chi connectivity index (χ4v) is 2.88. The highest BCUT2D eigenvalue weighted by atomic mass is 16.3. The molecule has 4 heteroatoms. The van der Waals surface area contributed by atoms with Gasteiger partial charge in [-0.1, -0.05) is 24.3 Å². The van der Waals surface area contributed by atoms with Gasteiger partial charge in [-0.05, 0) is 36.3 Å². The van der Waals surface area contributed by atoms with Crippen molar-refractivity contribution in [2.75, 3.05) is 6.54 Å². The van der Waals surface area contributed by atoms with Crippen molar-refractivity contribution in [3.8, 4) is 0 Å². The first-order valence-corrected chi connectivity index (χ1v) is 6.98. The van der Waals surface area contributed by atoms with Gasteiger partial charge < -0.3 is 15.7 Å². The van der Waals surface area contributed by atoms with Crippen LogP contribution in [0.5, 0.6) is 0 Å². The van der Waals surface area contributed by atoms with E-state index in [9.17, 15) is 9.90 Å². The molecule has 1 heterocycles. The molecule has 3 N–H and O–H groups in total. The fourth-order valence-electron chi connectivity index (χ4n) is 2.88. The van der Waals surface area contributed by atoms with E-state index in [-0.39, 0.29) is 18.1 Å². The van der Waals surface area contributed by atoms with Crippen LogP contribution >= 0.6 is 0 Å². The number of hydrogen-bond acceptors (Lipinski definition) is 3. The zero-order chi connectivity index (χ0) is 13.2. The molecular weight excluding hydrogens is 240 g/mol. The van der Waals surface area contributed by atoms with Crippen molar-refractivity contribution in [1.29, 1.82) is 0 Å². The maximum Gasteiger partial charge on any atom is 0.237 e. The maximum absolute atomic E-state index is 12.1. The standard InChI is InChI=1S/C15H20N2O2/c18-13-5-10(6-13)8-17-15(19)14-7-11-3-1-2-4-12(11)9-16-14/h1-4,10,13-14,16,18H,5-9H2,(H,17,19)/t10?,13?,14-/m0/s1. The second-order valence-electron chi connectivity index (χ2n) is 5.64. The van der Waals surface area contributed by atoms with E-state index in [2.05, 4.69) is 22.8 Å². The molecule has 4 nitrogen and oxygen atoms in total. The van der Waals surface area contributed by atoms with Gasteiger partial charge in [0.1, 0.15) is 0 Å². The van der Waals surface area contributed by atoms with Crippen molar-refractivity contribution in [3.05, 3.63) is 35.4 Å². The molecule has 0 bridgehead atoms. The summed E-state index contributed by atoms with van der Waals surface area (Å²) in [5.41, 5.74) is 2.55. The lowest BCUT2D eigenvalue weighted by Gasteiger charge is -2.32. The molecule has 0 spiro atoms. The predicted octanol–water partition coefficient (Wildman–Crippen LogP) is 0.588. The van der Waals surface area contributed by atoms with Crippen molar-refractivity contribution in [1.82, 2.24) is 10.6 Å². The first-order chi connectivity index (χ1) is 9.22. The molecule has 0 saturated heterocycles.